The summed E-state index contributed by atoms with van der Waals surface area (Å²) in [5.41, 5.74) is 2.02. The van der Waals surface area contributed by atoms with Crippen LogP contribution in [-0.2, 0) is 4.79 Å². The van der Waals surface area contributed by atoms with Crippen LogP contribution in [0.25, 0.3) is 6.08 Å². The van der Waals surface area contributed by atoms with Crippen molar-refractivity contribution in [1.29, 1.82) is 5.26 Å². The van der Waals surface area contributed by atoms with E-state index in [2.05, 4.69) is 21.2 Å². The van der Waals surface area contributed by atoms with Crippen LogP contribution in [0, 0.1) is 18.3 Å². The summed E-state index contributed by atoms with van der Waals surface area (Å²) in [5.74, 6) is -0.310. The molecule has 2 rings (SSSR count). The van der Waals surface area contributed by atoms with E-state index in [4.69, 9.17) is 4.74 Å². The van der Waals surface area contributed by atoms with Gasteiger partial charge in [0, 0.05) is 10.2 Å². The minimum Gasteiger partial charge on any atom is -0.504 e. The highest BCUT2D eigenvalue weighted by molar-refractivity contribution is 9.10. The van der Waals surface area contributed by atoms with Gasteiger partial charge in [0.2, 0.25) is 0 Å². The van der Waals surface area contributed by atoms with E-state index in [0.717, 1.165) is 5.56 Å². The third-order valence-electron chi connectivity index (χ3n) is 3.24. The molecule has 0 fully saturated rings. The summed E-state index contributed by atoms with van der Waals surface area (Å²) in [7, 11) is 1.44. The molecule has 0 saturated heterocycles. The number of anilines is 1. The molecule has 2 aromatic rings. The lowest BCUT2D eigenvalue weighted by Gasteiger charge is -2.08. The first-order valence-electron chi connectivity index (χ1n) is 7.01. The normalized spacial score (nSPS) is 10.8. The van der Waals surface area contributed by atoms with Gasteiger partial charge in [0.1, 0.15) is 11.6 Å². The number of hydrogen-bond acceptors (Lipinski definition) is 4. The molecule has 0 saturated carbocycles. The Morgan fingerprint density at radius 1 is 1.38 bits per heavy atom. The van der Waals surface area contributed by atoms with Crippen LogP contribution in [0.1, 0.15) is 11.1 Å². The second-order valence-electron chi connectivity index (χ2n) is 5.04. The van der Waals surface area contributed by atoms with Crippen molar-refractivity contribution in [3.63, 3.8) is 0 Å². The van der Waals surface area contributed by atoms with Gasteiger partial charge < -0.3 is 15.2 Å². The summed E-state index contributed by atoms with van der Waals surface area (Å²) in [4.78, 5) is 12.3. The highest BCUT2D eigenvalue weighted by Gasteiger charge is 2.12. The zero-order chi connectivity index (χ0) is 17.7. The summed E-state index contributed by atoms with van der Waals surface area (Å²) in [6.45, 7) is 1.91. The number of ether oxygens (including phenoxy) is 1. The number of hydrogen-bond donors (Lipinski definition) is 2. The molecule has 0 heterocycles. The topological polar surface area (TPSA) is 82.3 Å². The first-order valence-corrected chi connectivity index (χ1v) is 7.80. The van der Waals surface area contributed by atoms with E-state index in [1.807, 2.05) is 31.2 Å². The van der Waals surface area contributed by atoms with Crippen LogP contribution in [0.4, 0.5) is 5.69 Å². The van der Waals surface area contributed by atoms with Crippen LogP contribution in [0.3, 0.4) is 0 Å². The second kappa shape index (κ2) is 7.66. The molecular formula is C18H15BrN2O3. The molecule has 0 aromatic heterocycles. The fourth-order valence-electron chi connectivity index (χ4n) is 2.06. The standard InChI is InChI=1S/C18H15BrN2O3/c1-11-4-3-5-14(6-11)21-18(23)13(10-20)7-12-8-16(22)17(24-2)9-15(12)19/h3-9,22H,1-2H3,(H,21,23)/b13-7+. The minimum atomic E-state index is -0.523. The van der Waals surface area contributed by atoms with Crippen LogP contribution in [0.5, 0.6) is 11.5 Å². The predicted octanol–water partition coefficient (Wildman–Crippen LogP) is 4.02. The summed E-state index contributed by atoms with van der Waals surface area (Å²) in [6.07, 6.45) is 1.40. The average molecular weight is 387 g/mol. The van der Waals surface area contributed by atoms with Gasteiger partial charge in [0.05, 0.1) is 7.11 Å². The molecule has 0 spiro atoms. The van der Waals surface area contributed by atoms with Crippen molar-refractivity contribution in [2.75, 3.05) is 12.4 Å². The third-order valence-corrected chi connectivity index (χ3v) is 3.93. The van der Waals surface area contributed by atoms with Crippen LogP contribution in [-0.4, -0.2) is 18.1 Å². The number of nitrogens with one attached hydrogen (secondary N) is 1. The Morgan fingerprint density at radius 3 is 2.75 bits per heavy atom. The maximum absolute atomic E-state index is 12.3. The van der Waals surface area contributed by atoms with Gasteiger partial charge in [-0.05, 0) is 48.4 Å². The molecule has 0 radical (unpaired) electrons. The van der Waals surface area contributed by atoms with Gasteiger partial charge in [0.15, 0.2) is 11.5 Å². The Morgan fingerprint density at radius 2 is 2.12 bits per heavy atom. The highest BCUT2D eigenvalue weighted by atomic mass is 79.9. The quantitative estimate of drug-likeness (QED) is 0.613. The Kier molecular flexibility index (Phi) is 5.61. The second-order valence-corrected chi connectivity index (χ2v) is 5.89. The molecule has 0 aliphatic heterocycles. The van der Waals surface area contributed by atoms with Crippen molar-refractivity contribution in [3.8, 4) is 17.6 Å². The summed E-state index contributed by atoms with van der Waals surface area (Å²) in [5, 5.41) is 21.8. The van der Waals surface area contributed by atoms with E-state index >= 15 is 0 Å². The molecule has 0 atom stereocenters. The Hall–Kier alpha value is -2.78. The van der Waals surface area contributed by atoms with Crippen molar-refractivity contribution in [2.45, 2.75) is 6.92 Å². The Labute approximate surface area is 148 Å². The monoisotopic (exact) mass is 386 g/mol. The van der Waals surface area contributed by atoms with Gasteiger partial charge in [-0.3, -0.25) is 4.79 Å². The number of nitriles is 1. The number of benzene rings is 2. The molecule has 0 bridgehead atoms. The molecule has 0 unspecified atom stereocenters. The molecule has 0 aliphatic carbocycles. The number of phenolic OH excluding ortho intramolecular Hbond substituents is 1. The fraction of sp³-hybridized carbons (Fsp3) is 0.111. The molecule has 0 aliphatic rings. The summed E-state index contributed by atoms with van der Waals surface area (Å²) >= 11 is 3.33. The number of carbonyl (C=O) groups excluding carboxylic acids is 1. The zero-order valence-corrected chi connectivity index (χ0v) is 14.7. The van der Waals surface area contributed by atoms with E-state index in [1.54, 1.807) is 12.1 Å². The van der Waals surface area contributed by atoms with Gasteiger partial charge in [-0.25, -0.2) is 0 Å². The van der Waals surface area contributed by atoms with Crippen molar-refractivity contribution in [3.05, 3.63) is 57.6 Å². The molecule has 122 valence electrons. The van der Waals surface area contributed by atoms with Crippen LogP contribution in [0.15, 0.2) is 46.4 Å². The summed E-state index contributed by atoms with van der Waals surface area (Å²) in [6, 6.07) is 12.1. The zero-order valence-electron chi connectivity index (χ0n) is 13.1. The van der Waals surface area contributed by atoms with E-state index < -0.39 is 5.91 Å². The van der Waals surface area contributed by atoms with Gasteiger partial charge in [-0.2, -0.15) is 5.26 Å². The number of phenols is 1. The highest BCUT2D eigenvalue weighted by Crippen LogP contribution is 2.33. The number of rotatable bonds is 4. The first kappa shape index (κ1) is 17.6. The maximum atomic E-state index is 12.3. The number of aromatic hydroxyl groups is 1. The van der Waals surface area contributed by atoms with Crippen molar-refractivity contribution >= 4 is 33.6 Å². The number of aryl methyl sites for hydroxylation is 1. The number of methoxy groups -OCH3 is 1. The van der Waals surface area contributed by atoms with Gasteiger partial charge in [-0.15, -0.1) is 0 Å². The van der Waals surface area contributed by atoms with E-state index in [0.29, 0.717) is 21.5 Å². The van der Waals surface area contributed by atoms with Crippen molar-refractivity contribution < 1.29 is 14.6 Å². The number of nitrogens with zero attached hydrogens (tertiary/aromatic N) is 1. The van der Waals surface area contributed by atoms with E-state index in [1.165, 1.54) is 19.3 Å². The van der Waals surface area contributed by atoms with E-state index in [-0.39, 0.29) is 11.3 Å². The van der Waals surface area contributed by atoms with Crippen LogP contribution in [0.2, 0.25) is 0 Å². The largest absolute Gasteiger partial charge is 0.504 e. The van der Waals surface area contributed by atoms with Gasteiger partial charge >= 0.3 is 0 Å². The number of amides is 1. The lowest BCUT2D eigenvalue weighted by molar-refractivity contribution is -0.112. The van der Waals surface area contributed by atoms with E-state index in [9.17, 15) is 15.2 Å². The Bertz CT molecular complexity index is 854. The van der Waals surface area contributed by atoms with Gasteiger partial charge in [-0.1, -0.05) is 28.1 Å². The average Bonchev–Trinajstić information content (AvgIpc) is 2.55. The van der Waals surface area contributed by atoms with Crippen LogP contribution < -0.4 is 10.1 Å². The van der Waals surface area contributed by atoms with Crippen molar-refractivity contribution in [2.24, 2.45) is 0 Å². The maximum Gasteiger partial charge on any atom is 0.266 e. The fourth-order valence-corrected chi connectivity index (χ4v) is 2.50. The SMILES string of the molecule is COc1cc(Br)c(/C=C(\C#N)C(=O)Nc2cccc(C)c2)cc1O. The number of carbonyl (C=O) groups is 1. The molecule has 24 heavy (non-hydrogen) atoms. The minimum absolute atomic E-state index is 0.0802. The smallest absolute Gasteiger partial charge is 0.266 e. The lowest BCUT2D eigenvalue weighted by Crippen LogP contribution is -2.13. The molecule has 2 aromatic carbocycles. The number of halogens is 1. The van der Waals surface area contributed by atoms with Crippen LogP contribution >= 0.6 is 15.9 Å². The van der Waals surface area contributed by atoms with Gasteiger partial charge in [0.25, 0.3) is 5.91 Å². The predicted molar refractivity (Wildman–Crippen MR) is 95.8 cm³/mol. The Balaban J connectivity index is 2.31. The molecule has 6 heteroatoms. The van der Waals surface area contributed by atoms with Crippen molar-refractivity contribution in [1.82, 2.24) is 0 Å². The third kappa shape index (κ3) is 4.15. The molecule has 2 N–H and O–H groups in total. The lowest BCUT2D eigenvalue weighted by atomic mass is 10.1. The molecule has 1 amide bonds. The molecular weight excluding hydrogens is 372 g/mol. The summed E-state index contributed by atoms with van der Waals surface area (Å²) < 4.78 is 5.60. The molecule has 5 nitrogen and oxygen atoms in total. The first-order chi connectivity index (χ1) is 11.4.